The standard InChI is InChI=1S/C44H41ClN6O6/c45-34-20-32(12-10-30(34)21-46)57-40-31-11-13-36(40)50(25-31)42(54)29-8-6-26(7-9-29)4-5-27-16-18-48(19-17-27)22-28-23-49(24-28)35-3-1-2-33-39(35)44(56)51(43(33)55)37-14-15-38(52)47-41(37)53/h1-3,6-10,12,20,27-28,31,36-37,40H,11,13-19,22-25H2,(H,47,52,53). The molecule has 1 aliphatic carbocycles. The van der Waals surface area contributed by atoms with Gasteiger partial charge in [0.1, 0.15) is 24.0 Å². The summed E-state index contributed by atoms with van der Waals surface area (Å²) in [5.41, 5.74) is 3.30. The lowest BCUT2D eigenvalue weighted by Gasteiger charge is -2.44. The summed E-state index contributed by atoms with van der Waals surface area (Å²) in [5, 5.41) is 11.8. The molecular weight excluding hydrogens is 744 g/mol. The first-order chi connectivity index (χ1) is 27.6. The van der Waals surface area contributed by atoms with Gasteiger partial charge in [-0.1, -0.05) is 29.5 Å². The molecule has 5 aliphatic heterocycles. The van der Waals surface area contributed by atoms with E-state index in [-0.39, 0.29) is 36.8 Å². The van der Waals surface area contributed by atoms with Crippen molar-refractivity contribution in [3.8, 4) is 23.7 Å². The van der Waals surface area contributed by atoms with Crippen molar-refractivity contribution in [3.63, 3.8) is 0 Å². The van der Waals surface area contributed by atoms with Crippen LogP contribution in [0.15, 0.2) is 60.7 Å². The van der Waals surface area contributed by atoms with Crippen molar-refractivity contribution < 1.29 is 28.7 Å². The van der Waals surface area contributed by atoms with Gasteiger partial charge < -0.3 is 19.4 Å². The number of halogens is 1. The largest absolute Gasteiger partial charge is 0.488 e. The van der Waals surface area contributed by atoms with E-state index >= 15 is 0 Å². The first-order valence-corrected chi connectivity index (χ1v) is 20.1. The van der Waals surface area contributed by atoms with Crippen LogP contribution in [-0.4, -0.2) is 102 Å². The first kappa shape index (κ1) is 36.9. The third-order valence-electron chi connectivity index (χ3n) is 12.5. The monoisotopic (exact) mass is 784 g/mol. The topological polar surface area (TPSA) is 143 Å². The number of piperidine rings is 3. The third-order valence-corrected chi connectivity index (χ3v) is 12.8. The Morgan fingerprint density at radius 2 is 1.70 bits per heavy atom. The predicted octanol–water partition coefficient (Wildman–Crippen LogP) is 4.49. The van der Waals surface area contributed by atoms with Crippen molar-refractivity contribution in [2.75, 3.05) is 44.2 Å². The van der Waals surface area contributed by atoms with E-state index in [1.54, 1.807) is 30.3 Å². The number of imide groups is 2. The van der Waals surface area contributed by atoms with Crippen molar-refractivity contribution in [2.24, 2.45) is 17.8 Å². The maximum atomic E-state index is 13.6. The van der Waals surface area contributed by atoms with Crippen LogP contribution < -0.4 is 15.0 Å². The number of hydrogen-bond acceptors (Lipinski definition) is 9. The second-order valence-corrected chi connectivity index (χ2v) is 16.4. The van der Waals surface area contributed by atoms with Crippen molar-refractivity contribution >= 4 is 46.8 Å². The number of rotatable bonds is 7. The summed E-state index contributed by atoms with van der Waals surface area (Å²) < 4.78 is 6.32. The molecule has 5 fully saturated rings. The number of carbonyl (C=O) groups excluding carboxylic acids is 5. The van der Waals surface area contributed by atoms with Crippen molar-refractivity contribution in [1.82, 2.24) is 20.0 Å². The summed E-state index contributed by atoms with van der Waals surface area (Å²) in [4.78, 5) is 72.1. The minimum atomic E-state index is -0.980. The molecule has 1 saturated carbocycles. The van der Waals surface area contributed by atoms with Crippen LogP contribution in [0.25, 0.3) is 0 Å². The number of nitrogens with zero attached hydrogens (tertiary/aromatic N) is 5. The zero-order valence-corrected chi connectivity index (χ0v) is 32.0. The highest BCUT2D eigenvalue weighted by molar-refractivity contribution is 6.31. The van der Waals surface area contributed by atoms with Gasteiger partial charge in [0.05, 0.1) is 33.4 Å². The number of carbonyl (C=O) groups is 5. The summed E-state index contributed by atoms with van der Waals surface area (Å²) in [5.74, 6) is 6.45. The SMILES string of the molecule is N#Cc1ccc(OC2C3CCC2N(C(=O)c2ccc(C#CC4CCN(CC5CN(c6cccc7c6C(=O)N(C6CCC(=O)NC6=O)C7=O)C5)CC4)cc2)C3)cc1Cl. The van der Waals surface area contributed by atoms with Gasteiger partial charge >= 0.3 is 0 Å². The molecular formula is C44H41ClN6O6. The summed E-state index contributed by atoms with van der Waals surface area (Å²) in [7, 11) is 0. The summed E-state index contributed by atoms with van der Waals surface area (Å²) in [6.45, 7) is 5.07. The Morgan fingerprint density at radius 1 is 0.912 bits per heavy atom. The molecule has 4 atom stereocenters. The van der Waals surface area contributed by atoms with Crippen LogP contribution in [-0.2, 0) is 9.59 Å². The molecule has 290 valence electrons. The number of hydrogen-bond donors (Lipinski definition) is 1. The van der Waals surface area contributed by atoms with Crippen LogP contribution in [0, 0.1) is 40.9 Å². The Balaban J connectivity index is 0.740. The van der Waals surface area contributed by atoms with Crippen LogP contribution in [0.3, 0.4) is 0 Å². The van der Waals surface area contributed by atoms with Crippen LogP contribution in [0.5, 0.6) is 5.75 Å². The van der Waals surface area contributed by atoms with E-state index in [1.165, 1.54) is 0 Å². The Kier molecular flexibility index (Phi) is 9.71. The number of likely N-dealkylation sites (tertiary alicyclic amines) is 2. The highest BCUT2D eigenvalue weighted by Gasteiger charge is 2.51. The highest BCUT2D eigenvalue weighted by atomic mass is 35.5. The molecule has 1 N–H and O–H groups in total. The maximum Gasteiger partial charge on any atom is 0.264 e. The third kappa shape index (κ3) is 6.91. The van der Waals surface area contributed by atoms with Gasteiger partial charge in [-0.15, -0.1) is 0 Å². The Bertz CT molecular complexity index is 2280. The molecule has 5 heterocycles. The Hall–Kier alpha value is -5.69. The number of anilines is 1. The predicted molar refractivity (Wildman–Crippen MR) is 209 cm³/mol. The van der Waals surface area contributed by atoms with Gasteiger partial charge in [0.2, 0.25) is 11.8 Å². The summed E-state index contributed by atoms with van der Waals surface area (Å²) in [6, 6.07) is 19.0. The van der Waals surface area contributed by atoms with E-state index < -0.39 is 29.7 Å². The van der Waals surface area contributed by atoms with Crippen LogP contribution in [0.2, 0.25) is 5.02 Å². The van der Waals surface area contributed by atoms with Crippen LogP contribution in [0.1, 0.15) is 80.7 Å². The Labute approximate surface area is 335 Å². The molecule has 6 aliphatic rings. The lowest BCUT2D eigenvalue weighted by Crippen LogP contribution is -2.54. The molecule has 9 rings (SSSR count). The van der Waals surface area contributed by atoms with Gasteiger partial charge in [-0.3, -0.25) is 34.2 Å². The Morgan fingerprint density at radius 3 is 2.44 bits per heavy atom. The van der Waals surface area contributed by atoms with Gasteiger partial charge in [0.25, 0.3) is 17.7 Å². The highest BCUT2D eigenvalue weighted by Crippen LogP contribution is 2.42. The van der Waals surface area contributed by atoms with Crippen molar-refractivity contribution in [1.29, 1.82) is 5.26 Å². The molecule has 0 radical (unpaired) electrons. The number of ether oxygens (including phenoxy) is 1. The number of benzene rings is 3. The lowest BCUT2D eigenvalue weighted by molar-refractivity contribution is -0.136. The fourth-order valence-electron chi connectivity index (χ4n) is 9.48. The molecule has 4 unspecified atom stereocenters. The molecule has 13 heteroatoms. The summed E-state index contributed by atoms with van der Waals surface area (Å²) >= 11 is 6.23. The average molecular weight is 785 g/mol. The molecule has 12 nitrogen and oxygen atoms in total. The zero-order valence-electron chi connectivity index (χ0n) is 31.3. The fourth-order valence-corrected chi connectivity index (χ4v) is 9.70. The van der Waals surface area contributed by atoms with Crippen LogP contribution in [0.4, 0.5) is 5.69 Å². The van der Waals surface area contributed by atoms with E-state index in [1.807, 2.05) is 35.2 Å². The van der Waals surface area contributed by atoms with E-state index in [0.29, 0.717) is 51.4 Å². The van der Waals surface area contributed by atoms with Gasteiger partial charge in [-0.05, 0) is 93.7 Å². The van der Waals surface area contributed by atoms with Gasteiger partial charge in [0, 0.05) is 67.5 Å². The van der Waals surface area contributed by atoms with Gasteiger partial charge in [-0.25, -0.2) is 0 Å². The normalized spacial score (nSPS) is 24.8. The van der Waals surface area contributed by atoms with Gasteiger partial charge in [0.15, 0.2) is 0 Å². The zero-order chi connectivity index (χ0) is 39.4. The number of amides is 5. The molecule has 3 aromatic rings. The lowest BCUT2D eigenvalue weighted by atomic mass is 9.93. The second kappa shape index (κ2) is 15.0. The first-order valence-electron chi connectivity index (χ1n) is 19.8. The van der Waals surface area contributed by atoms with Crippen molar-refractivity contribution in [2.45, 2.75) is 56.7 Å². The van der Waals surface area contributed by atoms with E-state index in [2.05, 4.69) is 33.0 Å². The molecule has 3 aromatic carbocycles. The average Bonchev–Trinajstić information content (AvgIpc) is 3.83. The van der Waals surface area contributed by atoms with E-state index in [9.17, 15) is 29.2 Å². The van der Waals surface area contributed by atoms with Crippen LogP contribution >= 0.6 is 11.6 Å². The number of nitrogens with one attached hydrogen (secondary N) is 1. The minimum Gasteiger partial charge on any atom is -0.488 e. The number of nitriles is 1. The molecule has 0 spiro atoms. The molecule has 0 aromatic heterocycles. The minimum absolute atomic E-state index is 0.00261. The molecule has 5 amide bonds. The van der Waals surface area contributed by atoms with Crippen molar-refractivity contribution in [3.05, 3.63) is 93.5 Å². The molecule has 2 bridgehead atoms. The quantitative estimate of drug-likeness (QED) is 0.271. The molecule has 57 heavy (non-hydrogen) atoms. The van der Waals surface area contributed by atoms with Gasteiger partial charge in [-0.2, -0.15) is 5.26 Å². The summed E-state index contributed by atoms with van der Waals surface area (Å²) in [6.07, 6.45) is 3.98. The number of fused-ring (bicyclic) bond motifs is 3. The maximum absolute atomic E-state index is 13.6. The van der Waals surface area contributed by atoms with E-state index in [0.717, 1.165) is 74.6 Å². The van der Waals surface area contributed by atoms with E-state index in [4.69, 9.17) is 16.3 Å². The smallest absolute Gasteiger partial charge is 0.264 e. The molecule has 4 saturated heterocycles. The second-order valence-electron chi connectivity index (χ2n) is 16.0. The fraction of sp³-hybridized carbons (Fsp3) is 0.409.